The molecule has 2 rings (SSSR count). The van der Waals surface area contributed by atoms with Crippen molar-refractivity contribution in [3.8, 4) is 0 Å². The zero-order chi connectivity index (χ0) is 14.8. The summed E-state index contributed by atoms with van der Waals surface area (Å²) < 4.78 is 27.8. The van der Waals surface area contributed by atoms with Crippen LogP contribution < -0.4 is 10.5 Å². The number of nitrogens with one attached hydrogen (secondary N) is 1. The summed E-state index contributed by atoms with van der Waals surface area (Å²) in [6.45, 7) is 0. The second kappa shape index (κ2) is 6.43. The first kappa shape index (κ1) is 15.8. The topological polar surface area (TPSA) is 92.4 Å². The number of nitrogens with two attached hydrogens (primary N) is 1. The second-order valence-corrected chi connectivity index (χ2v) is 7.66. The van der Waals surface area contributed by atoms with Crippen molar-refractivity contribution in [3.05, 3.63) is 22.7 Å². The summed E-state index contributed by atoms with van der Waals surface area (Å²) in [5.74, 6) is 0. The van der Waals surface area contributed by atoms with Crippen molar-refractivity contribution in [3.63, 3.8) is 0 Å². The Morgan fingerprint density at radius 1 is 1.25 bits per heavy atom. The van der Waals surface area contributed by atoms with Crippen LogP contribution in [-0.4, -0.2) is 25.7 Å². The molecule has 0 saturated heterocycles. The molecule has 1 aliphatic carbocycles. The minimum Gasteiger partial charge on any atom is -0.399 e. The third-order valence-corrected chi connectivity index (χ3v) is 6.00. The Kier molecular flexibility index (Phi) is 5.06. The van der Waals surface area contributed by atoms with Gasteiger partial charge in [0.1, 0.15) is 0 Å². The molecule has 1 aromatic carbocycles. The van der Waals surface area contributed by atoms with Gasteiger partial charge in [0.2, 0.25) is 10.0 Å². The van der Waals surface area contributed by atoms with E-state index >= 15 is 0 Å². The van der Waals surface area contributed by atoms with Gasteiger partial charge in [0.15, 0.2) is 0 Å². The standard InChI is InChI=1S/C13H19BrN2O3S/c14-10-8-9(15)6-7-13(10)20(18,19)16-11-4-2-1-3-5-12(11)17/h6-8,11-12,16-17H,1-5,15H2. The number of anilines is 1. The van der Waals surface area contributed by atoms with Gasteiger partial charge in [0.25, 0.3) is 0 Å². The van der Waals surface area contributed by atoms with Crippen LogP contribution in [0.2, 0.25) is 0 Å². The van der Waals surface area contributed by atoms with Crippen LogP contribution in [0.15, 0.2) is 27.6 Å². The molecule has 4 N–H and O–H groups in total. The number of halogens is 1. The first-order valence-electron chi connectivity index (χ1n) is 6.65. The Hall–Kier alpha value is -0.630. The molecule has 5 nitrogen and oxygen atoms in total. The largest absolute Gasteiger partial charge is 0.399 e. The highest BCUT2D eigenvalue weighted by molar-refractivity contribution is 9.10. The molecule has 1 saturated carbocycles. The molecule has 0 aromatic heterocycles. The van der Waals surface area contributed by atoms with E-state index < -0.39 is 22.2 Å². The Bertz CT molecular complexity index is 577. The predicted molar refractivity (Wildman–Crippen MR) is 81.8 cm³/mol. The molecule has 0 heterocycles. The van der Waals surface area contributed by atoms with Crippen LogP contribution in [0.4, 0.5) is 5.69 Å². The summed E-state index contributed by atoms with van der Waals surface area (Å²) in [5, 5.41) is 10.0. The van der Waals surface area contributed by atoms with Gasteiger partial charge in [-0.05, 0) is 47.0 Å². The highest BCUT2D eigenvalue weighted by Crippen LogP contribution is 2.26. The quantitative estimate of drug-likeness (QED) is 0.566. The molecule has 20 heavy (non-hydrogen) atoms. The van der Waals surface area contributed by atoms with E-state index in [4.69, 9.17) is 5.73 Å². The normalized spacial score (nSPS) is 24.3. The summed E-state index contributed by atoms with van der Waals surface area (Å²) in [6, 6.07) is 4.14. The molecule has 112 valence electrons. The lowest BCUT2D eigenvalue weighted by molar-refractivity contribution is 0.130. The van der Waals surface area contributed by atoms with Gasteiger partial charge in [0.05, 0.1) is 11.0 Å². The fourth-order valence-corrected chi connectivity index (χ4v) is 4.82. The van der Waals surface area contributed by atoms with E-state index in [0.717, 1.165) is 19.3 Å². The van der Waals surface area contributed by atoms with E-state index in [0.29, 0.717) is 23.0 Å². The highest BCUT2D eigenvalue weighted by Gasteiger charge is 2.28. The highest BCUT2D eigenvalue weighted by atomic mass is 79.9. The lowest BCUT2D eigenvalue weighted by Crippen LogP contribution is -2.42. The molecule has 2 unspecified atom stereocenters. The monoisotopic (exact) mass is 362 g/mol. The molecule has 1 aromatic rings. The van der Waals surface area contributed by atoms with Crippen molar-refractivity contribution in [1.82, 2.24) is 4.72 Å². The number of hydrogen-bond donors (Lipinski definition) is 3. The molecule has 1 fully saturated rings. The molecule has 0 bridgehead atoms. The molecule has 2 atom stereocenters. The summed E-state index contributed by atoms with van der Waals surface area (Å²) in [5.41, 5.74) is 6.10. The van der Waals surface area contributed by atoms with E-state index in [9.17, 15) is 13.5 Å². The van der Waals surface area contributed by atoms with Crippen LogP contribution in [0.5, 0.6) is 0 Å². The lowest BCUT2D eigenvalue weighted by Gasteiger charge is -2.22. The maximum Gasteiger partial charge on any atom is 0.242 e. The molecular weight excluding hydrogens is 344 g/mol. The first-order chi connectivity index (χ1) is 9.40. The van der Waals surface area contributed by atoms with Crippen molar-refractivity contribution in [1.29, 1.82) is 0 Å². The van der Waals surface area contributed by atoms with Crippen LogP contribution in [0, 0.1) is 0 Å². The van der Waals surface area contributed by atoms with Gasteiger partial charge < -0.3 is 10.8 Å². The van der Waals surface area contributed by atoms with Crippen LogP contribution in [-0.2, 0) is 10.0 Å². The zero-order valence-electron chi connectivity index (χ0n) is 11.0. The maximum absolute atomic E-state index is 12.4. The second-order valence-electron chi connectivity index (χ2n) is 5.12. The van der Waals surface area contributed by atoms with Crippen LogP contribution in [0.25, 0.3) is 0 Å². The third kappa shape index (κ3) is 3.72. The van der Waals surface area contributed by atoms with Gasteiger partial charge in [-0.1, -0.05) is 19.3 Å². The molecule has 7 heteroatoms. The summed E-state index contributed by atoms with van der Waals surface area (Å²) in [4.78, 5) is 0.142. The van der Waals surface area contributed by atoms with Crippen molar-refractivity contribution < 1.29 is 13.5 Å². The van der Waals surface area contributed by atoms with E-state index in [1.165, 1.54) is 6.07 Å². The molecule has 0 radical (unpaired) electrons. The van der Waals surface area contributed by atoms with E-state index in [-0.39, 0.29) is 4.90 Å². The van der Waals surface area contributed by atoms with Gasteiger partial charge >= 0.3 is 0 Å². The van der Waals surface area contributed by atoms with Crippen LogP contribution >= 0.6 is 15.9 Å². The first-order valence-corrected chi connectivity index (χ1v) is 8.93. The van der Waals surface area contributed by atoms with Crippen molar-refractivity contribution in [2.75, 3.05) is 5.73 Å². The molecular formula is C13H19BrN2O3S. The number of nitrogen functional groups attached to an aromatic ring is 1. The summed E-state index contributed by atoms with van der Waals surface area (Å²) in [6.07, 6.45) is 3.56. The number of rotatable bonds is 3. The molecule has 0 amide bonds. The minimum atomic E-state index is -3.67. The van der Waals surface area contributed by atoms with E-state index in [2.05, 4.69) is 20.7 Å². The summed E-state index contributed by atoms with van der Waals surface area (Å²) >= 11 is 3.22. The third-order valence-electron chi connectivity index (χ3n) is 3.53. The van der Waals surface area contributed by atoms with Crippen LogP contribution in [0.1, 0.15) is 32.1 Å². The average Bonchev–Trinajstić information content (AvgIpc) is 2.54. The Balaban J connectivity index is 2.21. The minimum absolute atomic E-state index is 0.142. The number of aliphatic hydroxyl groups excluding tert-OH is 1. The Morgan fingerprint density at radius 3 is 2.65 bits per heavy atom. The number of sulfonamides is 1. The predicted octanol–water partition coefficient (Wildman–Crippen LogP) is 2.00. The molecule has 0 aliphatic heterocycles. The van der Waals surface area contributed by atoms with E-state index in [1.807, 2.05) is 0 Å². The Labute approximate surface area is 127 Å². The van der Waals surface area contributed by atoms with Crippen molar-refractivity contribution in [2.24, 2.45) is 0 Å². The molecule has 0 spiro atoms. The average molecular weight is 363 g/mol. The molecule has 1 aliphatic rings. The fourth-order valence-electron chi connectivity index (χ4n) is 2.42. The smallest absolute Gasteiger partial charge is 0.242 e. The van der Waals surface area contributed by atoms with E-state index in [1.54, 1.807) is 12.1 Å². The van der Waals surface area contributed by atoms with Gasteiger partial charge in [-0.15, -0.1) is 0 Å². The summed E-state index contributed by atoms with van der Waals surface area (Å²) in [7, 11) is -3.67. The number of aliphatic hydroxyl groups is 1. The number of benzene rings is 1. The number of hydrogen-bond acceptors (Lipinski definition) is 4. The van der Waals surface area contributed by atoms with Crippen LogP contribution in [0.3, 0.4) is 0 Å². The van der Waals surface area contributed by atoms with Gasteiger partial charge in [-0.25, -0.2) is 13.1 Å². The SMILES string of the molecule is Nc1ccc(S(=O)(=O)NC2CCCCCC2O)c(Br)c1. The lowest BCUT2D eigenvalue weighted by atomic mass is 10.1. The van der Waals surface area contributed by atoms with Crippen molar-refractivity contribution >= 4 is 31.6 Å². The Morgan fingerprint density at radius 2 is 1.95 bits per heavy atom. The van der Waals surface area contributed by atoms with Gasteiger partial charge in [-0.2, -0.15) is 0 Å². The van der Waals surface area contributed by atoms with Gasteiger partial charge in [0, 0.05) is 16.2 Å². The fraction of sp³-hybridized carbons (Fsp3) is 0.538. The zero-order valence-corrected chi connectivity index (χ0v) is 13.5. The maximum atomic E-state index is 12.4. The van der Waals surface area contributed by atoms with Crippen molar-refractivity contribution in [2.45, 2.75) is 49.1 Å². The van der Waals surface area contributed by atoms with Gasteiger partial charge in [-0.3, -0.25) is 0 Å².